The van der Waals surface area contributed by atoms with Crippen LogP contribution in [-0.2, 0) is 35.6 Å². The number of hydrogen-bond donors (Lipinski definition) is 1. The Hall–Kier alpha value is -3.48. The van der Waals surface area contributed by atoms with Gasteiger partial charge in [-0.15, -0.1) is 0 Å². The Morgan fingerprint density at radius 2 is 1.85 bits per heavy atom. The summed E-state index contributed by atoms with van der Waals surface area (Å²) in [6.07, 6.45) is -1.19. The number of oxazole rings is 1. The van der Waals surface area contributed by atoms with E-state index in [1.807, 2.05) is 0 Å². The molecule has 2 aromatic carbocycles. The first-order chi connectivity index (χ1) is 16.3. The first kappa shape index (κ1) is 23.7. The SMILES string of the molecule is CC(OC(=O)Cn1c(=O)oc2ccccc21)C(=O)Nc1cccc(S(=O)(=O)N2CCOCC2)c1. The summed E-state index contributed by atoms with van der Waals surface area (Å²) in [7, 11) is -3.74. The van der Waals surface area contributed by atoms with E-state index in [2.05, 4.69) is 5.32 Å². The van der Waals surface area contributed by atoms with Gasteiger partial charge in [-0.1, -0.05) is 18.2 Å². The number of sulfonamides is 1. The molecule has 1 amide bonds. The highest BCUT2D eigenvalue weighted by Gasteiger charge is 2.27. The standard InChI is InChI=1S/C22H23N3O8S/c1-15(32-20(26)14-25-18-7-2-3-8-19(18)33-22(25)28)21(27)23-16-5-4-6-17(13-16)34(29,30)24-9-11-31-12-10-24/h2-8,13,15H,9-12,14H2,1H3,(H,23,27). The number of para-hydroxylation sites is 2. The molecule has 0 spiro atoms. The van der Waals surface area contributed by atoms with Crippen molar-refractivity contribution in [2.45, 2.75) is 24.5 Å². The summed E-state index contributed by atoms with van der Waals surface area (Å²) in [5.74, 6) is -2.17. The fourth-order valence-corrected chi connectivity index (χ4v) is 4.95. The molecule has 0 aliphatic carbocycles. The van der Waals surface area contributed by atoms with E-state index in [0.29, 0.717) is 24.3 Å². The molecule has 1 aromatic heterocycles. The average molecular weight is 490 g/mol. The summed E-state index contributed by atoms with van der Waals surface area (Å²) in [6, 6.07) is 12.4. The van der Waals surface area contributed by atoms with Crippen LogP contribution in [0.1, 0.15) is 6.92 Å². The molecule has 1 N–H and O–H groups in total. The van der Waals surface area contributed by atoms with Gasteiger partial charge < -0.3 is 19.2 Å². The number of amides is 1. The van der Waals surface area contributed by atoms with Crippen molar-refractivity contribution in [1.29, 1.82) is 0 Å². The normalized spacial score (nSPS) is 15.7. The molecule has 0 saturated carbocycles. The van der Waals surface area contributed by atoms with Crippen molar-refractivity contribution < 1.29 is 31.9 Å². The smallest absolute Gasteiger partial charge is 0.420 e. The van der Waals surface area contributed by atoms with Crippen molar-refractivity contribution in [2.75, 3.05) is 31.6 Å². The van der Waals surface area contributed by atoms with E-state index in [4.69, 9.17) is 13.9 Å². The number of fused-ring (bicyclic) bond motifs is 1. The molecular weight excluding hydrogens is 466 g/mol. The molecule has 11 nitrogen and oxygen atoms in total. The molecule has 180 valence electrons. The van der Waals surface area contributed by atoms with Crippen LogP contribution in [0.25, 0.3) is 11.1 Å². The van der Waals surface area contributed by atoms with Crippen LogP contribution in [0.15, 0.2) is 62.6 Å². The van der Waals surface area contributed by atoms with Crippen molar-refractivity contribution in [3.05, 3.63) is 59.1 Å². The van der Waals surface area contributed by atoms with Crippen LogP contribution in [-0.4, -0.2) is 61.6 Å². The Kier molecular flexibility index (Phi) is 6.82. The van der Waals surface area contributed by atoms with Crippen molar-refractivity contribution in [1.82, 2.24) is 8.87 Å². The van der Waals surface area contributed by atoms with Crippen LogP contribution < -0.4 is 11.1 Å². The zero-order valence-corrected chi connectivity index (χ0v) is 19.1. The lowest BCUT2D eigenvalue weighted by molar-refractivity contribution is -0.153. The molecule has 0 radical (unpaired) electrons. The number of aromatic nitrogens is 1. The molecular formula is C22H23N3O8S. The van der Waals surface area contributed by atoms with E-state index >= 15 is 0 Å². The maximum atomic E-state index is 12.8. The second-order valence-electron chi connectivity index (χ2n) is 7.59. The number of anilines is 1. The van der Waals surface area contributed by atoms with Crippen LogP contribution in [0.5, 0.6) is 0 Å². The molecule has 1 fully saturated rings. The summed E-state index contributed by atoms with van der Waals surface area (Å²) in [4.78, 5) is 36.9. The Bertz CT molecular complexity index is 1370. The van der Waals surface area contributed by atoms with E-state index in [-0.39, 0.29) is 23.7 Å². The molecule has 2 heterocycles. The summed E-state index contributed by atoms with van der Waals surface area (Å²) in [6.45, 7) is 2.08. The van der Waals surface area contributed by atoms with E-state index in [0.717, 1.165) is 4.57 Å². The van der Waals surface area contributed by atoms with Gasteiger partial charge in [0.15, 0.2) is 11.7 Å². The number of carbonyl (C=O) groups is 2. The third-order valence-electron chi connectivity index (χ3n) is 5.25. The summed E-state index contributed by atoms with van der Waals surface area (Å²) in [5.41, 5.74) is 0.997. The molecule has 3 aromatic rings. The molecule has 1 unspecified atom stereocenters. The molecule has 1 aliphatic rings. The van der Waals surface area contributed by atoms with E-state index in [1.54, 1.807) is 24.3 Å². The second kappa shape index (κ2) is 9.79. The van der Waals surface area contributed by atoms with E-state index in [1.165, 1.54) is 35.5 Å². The molecule has 1 aliphatic heterocycles. The number of esters is 1. The van der Waals surface area contributed by atoms with Gasteiger partial charge in [0.2, 0.25) is 10.0 Å². The zero-order valence-electron chi connectivity index (χ0n) is 18.3. The molecule has 1 atom stereocenters. The lowest BCUT2D eigenvalue weighted by Gasteiger charge is -2.26. The number of nitrogens with one attached hydrogen (secondary N) is 1. The van der Waals surface area contributed by atoms with Crippen LogP contribution in [0, 0.1) is 0 Å². The van der Waals surface area contributed by atoms with Crippen LogP contribution >= 0.6 is 0 Å². The Morgan fingerprint density at radius 3 is 2.62 bits per heavy atom. The predicted molar refractivity (Wildman–Crippen MR) is 121 cm³/mol. The molecule has 12 heteroatoms. The quantitative estimate of drug-likeness (QED) is 0.489. The van der Waals surface area contributed by atoms with Crippen molar-refractivity contribution in [2.24, 2.45) is 0 Å². The molecule has 4 rings (SSSR count). The number of ether oxygens (including phenoxy) is 2. The maximum absolute atomic E-state index is 12.8. The average Bonchev–Trinajstić information content (AvgIpc) is 3.14. The monoisotopic (exact) mass is 489 g/mol. The summed E-state index contributed by atoms with van der Waals surface area (Å²) < 4.78 is 43.5. The third-order valence-corrected chi connectivity index (χ3v) is 7.14. The highest BCUT2D eigenvalue weighted by molar-refractivity contribution is 7.89. The lowest BCUT2D eigenvalue weighted by atomic mass is 10.3. The number of rotatable bonds is 7. The minimum Gasteiger partial charge on any atom is -0.451 e. The maximum Gasteiger partial charge on any atom is 0.420 e. The largest absolute Gasteiger partial charge is 0.451 e. The molecule has 34 heavy (non-hydrogen) atoms. The van der Waals surface area contributed by atoms with Crippen molar-refractivity contribution in [3.63, 3.8) is 0 Å². The highest BCUT2D eigenvalue weighted by atomic mass is 32.2. The number of morpholine rings is 1. The number of nitrogens with zero attached hydrogens (tertiary/aromatic N) is 2. The Balaban J connectivity index is 1.40. The van der Waals surface area contributed by atoms with Gasteiger partial charge >= 0.3 is 11.7 Å². The third kappa shape index (κ3) is 5.03. The Morgan fingerprint density at radius 1 is 1.12 bits per heavy atom. The first-order valence-electron chi connectivity index (χ1n) is 10.5. The van der Waals surface area contributed by atoms with Crippen LogP contribution in [0.2, 0.25) is 0 Å². The minimum absolute atomic E-state index is 0.0306. The Labute approximate surface area is 194 Å². The molecule has 0 bridgehead atoms. The summed E-state index contributed by atoms with van der Waals surface area (Å²) >= 11 is 0. The van der Waals surface area contributed by atoms with E-state index in [9.17, 15) is 22.8 Å². The lowest BCUT2D eigenvalue weighted by Crippen LogP contribution is -2.40. The van der Waals surface area contributed by atoms with Crippen LogP contribution in [0.3, 0.4) is 0 Å². The van der Waals surface area contributed by atoms with Gasteiger partial charge in [0.1, 0.15) is 6.54 Å². The zero-order chi connectivity index (χ0) is 24.3. The van der Waals surface area contributed by atoms with Gasteiger partial charge in [-0.3, -0.25) is 14.2 Å². The van der Waals surface area contributed by atoms with Crippen molar-refractivity contribution >= 4 is 38.7 Å². The van der Waals surface area contributed by atoms with Gasteiger partial charge in [0.05, 0.1) is 23.6 Å². The number of hydrogen-bond acceptors (Lipinski definition) is 8. The summed E-state index contributed by atoms with van der Waals surface area (Å²) in [5, 5.41) is 2.55. The highest BCUT2D eigenvalue weighted by Crippen LogP contribution is 2.21. The molecule has 1 saturated heterocycles. The minimum atomic E-state index is -3.74. The van der Waals surface area contributed by atoms with Gasteiger partial charge in [0.25, 0.3) is 5.91 Å². The van der Waals surface area contributed by atoms with Gasteiger partial charge in [-0.05, 0) is 37.3 Å². The fourth-order valence-electron chi connectivity index (χ4n) is 3.49. The van der Waals surface area contributed by atoms with Gasteiger partial charge in [-0.2, -0.15) is 4.31 Å². The first-order valence-corrected chi connectivity index (χ1v) is 12.0. The predicted octanol–water partition coefficient (Wildman–Crippen LogP) is 1.19. The van der Waals surface area contributed by atoms with E-state index < -0.39 is 40.3 Å². The number of carbonyl (C=O) groups excluding carboxylic acids is 2. The second-order valence-corrected chi connectivity index (χ2v) is 9.53. The van der Waals surface area contributed by atoms with Crippen molar-refractivity contribution in [3.8, 4) is 0 Å². The van der Waals surface area contributed by atoms with Gasteiger partial charge in [0, 0.05) is 18.8 Å². The fraction of sp³-hybridized carbons (Fsp3) is 0.318. The topological polar surface area (TPSA) is 137 Å². The van der Waals surface area contributed by atoms with Gasteiger partial charge in [-0.25, -0.2) is 13.2 Å². The van der Waals surface area contributed by atoms with Crippen LogP contribution in [0.4, 0.5) is 5.69 Å². The number of benzene rings is 2.